The van der Waals surface area contributed by atoms with E-state index < -0.39 is 0 Å². The fraction of sp³-hybridized carbons (Fsp3) is 0.308. The van der Waals surface area contributed by atoms with Crippen LogP contribution in [-0.4, -0.2) is 16.5 Å². The first kappa shape index (κ1) is 12.3. The van der Waals surface area contributed by atoms with Gasteiger partial charge in [0.15, 0.2) is 12.9 Å². The molecule has 2 aromatic rings. The number of aryl methyl sites for hydroxylation is 2. The molecule has 0 aliphatic heterocycles. The van der Waals surface area contributed by atoms with Crippen LogP contribution < -0.4 is 4.74 Å². The van der Waals surface area contributed by atoms with Crippen molar-refractivity contribution in [1.82, 2.24) is 10.2 Å². The van der Waals surface area contributed by atoms with Gasteiger partial charge in [-0.25, -0.2) is 0 Å². The van der Waals surface area contributed by atoms with Gasteiger partial charge in [-0.2, -0.15) is 0 Å². The number of aldehydes is 1. The summed E-state index contributed by atoms with van der Waals surface area (Å²) in [5.41, 5.74) is 1.53. The number of rotatable bonds is 5. The molecular weight excluding hydrogens is 232 g/mol. The molecule has 0 aliphatic rings. The molecule has 2 rings (SSSR count). The van der Waals surface area contributed by atoms with Gasteiger partial charge in [0, 0.05) is 6.42 Å². The van der Waals surface area contributed by atoms with Crippen LogP contribution in [0.1, 0.15) is 34.6 Å². The largest absolute Gasteiger partial charge is 0.483 e. The first-order valence-corrected chi connectivity index (χ1v) is 5.72. The van der Waals surface area contributed by atoms with Gasteiger partial charge in [0.25, 0.3) is 5.89 Å². The average Bonchev–Trinajstić information content (AvgIpc) is 2.85. The first-order chi connectivity index (χ1) is 8.72. The van der Waals surface area contributed by atoms with Crippen LogP contribution in [0.5, 0.6) is 5.75 Å². The minimum Gasteiger partial charge on any atom is -0.483 e. The SMILES string of the molecule is CCc1nnc(COc2ccc(C)cc2C=O)o1. The molecule has 0 bridgehead atoms. The number of hydrogen-bond donors (Lipinski definition) is 0. The molecule has 1 heterocycles. The number of ether oxygens (including phenoxy) is 1. The van der Waals surface area contributed by atoms with Crippen molar-refractivity contribution in [2.75, 3.05) is 0 Å². The van der Waals surface area contributed by atoms with Crippen molar-refractivity contribution >= 4 is 6.29 Å². The average molecular weight is 246 g/mol. The number of carbonyl (C=O) groups is 1. The Morgan fingerprint density at radius 3 is 2.78 bits per heavy atom. The highest BCUT2D eigenvalue weighted by Gasteiger charge is 2.07. The molecule has 0 unspecified atom stereocenters. The summed E-state index contributed by atoms with van der Waals surface area (Å²) >= 11 is 0. The number of nitrogens with zero attached hydrogens (tertiary/aromatic N) is 2. The van der Waals surface area contributed by atoms with Gasteiger partial charge in [0.1, 0.15) is 5.75 Å². The normalized spacial score (nSPS) is 10.3. The summed E-state index contributed by atoms with van der Waals surface area (Å²) in [6, 6.07) is 5.41. The number of aromatic nitrogens is 2. The van der Waals surface area contributed by atoms with Crippen LogP contribution >= 0.6 is 0 Å². The highest BCUT2D eigenvalue weighted by molar-refractivity contribution is 5.79. The molecule has 1 aromatic heterocycles. The molecular formula is C13H14N2O3. The molecule has 5 nitrogen and oxygen atoms in total. The van der Waals surface area contributed by atoms with Crippen LogP contribution in [-0.2, 0) is 13.0 Å². The highest BCUT2D eigenvalue weighted by Crippen LogP contribution is 2.19. The summed E-state index contributed by atoms with van der Waals surface area (Å²) in [5, 5.41) is 7.68. The molecule has 0 fully saturated rings. The van der Waals surface area contributed by atoms with Crippen molar-refractivity contribution in [1.29, 1.82) is 0 Å². The van der Waals surface area contributed by atoms with Gasteiger partial charge < -0.3 is 9.15 Å². The molecule has 0 aliphatic carbocycles. The summed E-state index contributed by atoms with van der Waals surface area (Å²) in [6.45, 7) is 4.02. The van der Waals surface area contributed by atoms with Crippen LogP contribution in [0.15, 0.2) is 22.6 Å². The van der Waals surface area contributed by atoms with E-state index in [0.717, 1.165) is 11.8 Å². The zero-order valence-electron chi connectivity index (χ0n) is 10.3. The molecule has 0 amide bonds. The molecule has 18 heavy (non-hydrogen) atoms. The zero-order valence-corrected chi connectivity index (χ0v) is 10.3. The predicted molar refractivity (Wildman–Crippen MR) is 64.6 cm³/mol. The zero-order chi connectivity index (χ0) is 13.0. The lowest BCUT2D eigenvalue weighted by atomic mass is 10.1. The van der Waals surface area contributed by atoms with Gasteiger partial charge in [-0.3, -0.25) is 4.79 Å². The summed E-state index contributed by atoms with van der Waals surface area (Å²) in [4.78, 5) is 10.9. The Kier molecular flexibility index (Phi) is 3.72. The van der Waals surface area contributed by atoms with Crippen LogP contribution in [0, 0.1) is 6.92 Å². The van der Waals surface area contributed by atoms with Crippen molar-refractivity contribution in [3.05, 3.63) is 41.1 Å². The van der Waals surface area contributed by atoms with Crippen molar-refractivity contribution in [3.8, 4) is 5.75 Å². The third-order valence-electron chi connectivity index (χ3n) is 2.45. The molecule has 0 saturated carbocycles. The second-order valence-corrected chi connectivity index (χ2v) is 3.89. The predicted octanol–water partition coefficient (Wildman–Crippen LogP) is 2.33. The lowest BCUT2D eigenvalue weighted by molar-refractivity contribution is 0.111. The van der Waals surface area contributed by atoms with Gasteiger partial charge in [0.05, 0.1) is 5.56 Å². The first-order valence-electron chi connectivity index (χ1n) is 5.72. The lowest BCUT2D eigenvalue weighted by Crippen LogP contribution is -1.99. The topological polar surface area (TPSA) is 65.2 Å². The van der Waals surface area contributed by atoms with Crippen molar-refractivity contribution in [3.63, 3.8) is 0 Å². The van der Waals surface area contributed by atoms with E-state index in [-0.39, 0.29) is 6.61 Å². The maximum absolute atomic E-state index is 10.9. The minimum absolute atomic E-state index is 0.164. The summed E-state index contributed by atoms with van der Waals surface area (Å²) in [5.74, 6) is 1.50. The molecule has 0 radical (unpaired) electrons. The van der Waals surface area contributed by atoms with Crippen molar-refractivity contribution in [2.45, 2.75) is 26.9 Å². The number of benzene rings is 1. The van der Waals surface area contributed by atoms with E-state index in [0.29, 0.717) is 29.5 Å². The van der Waals surface area contributed by atoms with Gasteiger partial charge in [-0.1, -0.05) is 18.6 Å². The highest BCUT2D eigenvalue weighted by atomic mass is 16.5. The van der Waals surface area contributed by atoms with Crippen LogP contribution in [0.3, 0.4) is 0 Å². The molecule has 1 aromatic carbocycles. The molecule has 5 heteroatoms. The van der Waals surface area contributed by atoms with E-state index in [2.05, 4.69) is 10.2 Å². The maximum Gasteiger partial charge on any atom is 0.253 e. The van der Waals surface area contributed by atoms with E-state index in [1.54, 1.807) is 12.1 Å². The Hall–Kier alpha value is -2.17. The second-order valence-electron chi connectivity index (χ2n) is 3.89. The summed E-state index contributed by atoms with van der Waals surface area (Å²) < 4.78 is 10.8. The van der Waals surface area contributed by atoms with E-state index in [1.165, 1.54) is 0 Å². The Balaban J connectivity index is 2.07. The minimum atomic E-state index is 0.164. The number of carbonyl (C=O) groups excluding carboxylic acids is 1. The Morgan fingerprint density at radius 1 is 1.33 bits per heavy atom. The fourth-order valence-corrected chi connectivity index (χ4v) is 1.52. The quantitative estimate of drug-likeness (QED) is 0.757. The fourth-order valence-electron chi connectivity index (χ4n) is 1.52. The molecule has 0 atom stereocenters. The van der Waals surface area contributed by atoms with E-state index >= 15 is 0 Å². The third kappa shape index (κ3) is 2.74. The molecule has 0 saturated heterocycles. The number of hydrogen-bond acceptors (Lipinski definition) is 5. The van der Waals surface area contributed by atoms with E-state index in [9.17, 15) is 4.79 Å². The van der Waals surface area contributed by atoms with Crippen molar-refractivity contribution in [2.24, 2.45) is 0 Å². The summed E-state index contributed by atoms with van der Waals surface area (Å²) in [6.07, 6.45) is 1.46. The maximum atomic E-state index is 10.9. The third-order valence-corrected chi connectivity index (χ3v) is 2.45. The monoisotopic (exact) mass is 246 g/mol. The van der Waals surface area contributed by atoms with Crippen molar-refractivity contribution < 1.29 is 13.9 Å². The smallest absolute Gasteiger partial charge is 0.253 e. The molecule has 0 spiro atoms. The van der Waals surface area contributed by atoms with Crippen LogP contribution in [0.25, 0.3) is 0 Å². The molecule has 94 valence electrons. The van der Waals surface area contributed by atoms with Gasteiger partial charge in [-0.15, -0.1) is 10.2 Å². The van der Waals surface area contributed by atoms with Gasteiger partial charge in [0.2, 0.25) is 5.89 Å². The molecule has 0 N–H and O–H groups in total. The summed E-state index contributed by atoms with van der Waals surface area (Å²) in [7, 11) is 0. The second kappa shape index (κ2) is 5.44. The van der Waals surface area contributed by atoms with Crippen LogP contribution in [0.4, 0.5) is 0 Å². The van der Waals surface area contributed by atoms with E-state index in [4.69, 9.17) is 9.15 Å². The Labute approximate surface area is 105 Å². The van der Waals surface area contributed by atoms with E-state index in [1.807, 2.05) is 19.9 Å². The Bertz CT molecular complexity index is 549. The Morgan fingerprint density at radius 2 is 2.11 bits per heavy atom. The lowest BCUT2D eigenvalue weighted by Gasteiger charge is -2.06. The van der Waals surface area contributed by atoms with Gasteiger partial charge >= 0.3 is 0 Å². The van der Waals surface area contributed by atoms with Gasteiger partial charge in [-0.05, 0) is 19.1 Å². The standard InChI is InChI=1S/C13H14N2O3/c1-3-12-14-15-13(18-12)8-17-11-5-4-9(2)6-10(11)7-16/h4-7H,3,8H2,1-2H3. The van der Waals surface area contributed by atoms with Crippen LogP contribution in [0.2, 0.25) is 0 Å².